The summed E-state index contributed by atoms with van der Waals surface area (Å²) in [6, 6.07) is 0. The maximum atomic E-state index is 11.3. The van der Waals surface area contributed by atoms with E-state index in [4.69, 9.17) is 9.84 Å². The molecule has 0 radical (unpaired) electrons. The van der Waals surface area contributed by atoms with Crippen molar-refractivity contribution < 1.29 is 19.4 Å². The third kappa shape index (κ3) is 4.96. The minimum atomic E-state index is -1.04. The maximum absolute atomic E-state index is 11.3. The van der Waals surface area contributed by atoms with E-state index in [1.807, 2.05) is 0 Å². The van der Waals surface area contributed by atoms with Gasteiger partial charge in [-0.15, -0.1) is 5.10 Å². The van der Waals surface area contributed by atoms with Crippen LogP contribution in [0.3, 0.4) is 0 Å². The maximum Gasteiger partial charge on any atom is 0.414 e. The second-order valence-electron chi connectivity index (χ2n) is 4.29. The molecule has 0 bridgehead atoms. The van der Waals surface area contributed by atoms with E-state index in [1.54, 1.807) is 20.8 Å². The SMILES string of the molecule is CC(C)(C)OC(=O)Nc1ncn(CC(=O)O)n1. The van der Waals surface area contributed by atoms with Gasteiger partial charge in [0.2, 0.25) is 0 Å². The molecule has 17 heavy (non-hydrogen) atoms. The summed E-state index contributed by atoms with van der Waals surface area (Å²) in [5.74, 6) is -1.04. The highest BCUT2D eigenvalue weighted by Crippen LogP contribution is 2.08. The molecule has 0 atom stereocenters. The molecule has 0 aliphatic heterocycles. The Morgan fingerprint density at radius 1 is 1.53 bits per heavy atom. The second-order valence-corrected chi connectivity index (χ2v) is 4.29. The van der Waals surface area contributed by atoms with Crippen molar-refractivity contribution in [3.63, 3.8) is 0 Å². The number of hydrogen-bond acceptors (Lipinski definition) is 5. The topological polar surface area (TPSA) is 106 Å². The number of aromatic nitrogens is 3. The van der Waals surface area contributed by atoms with E-state index in [9.17, 15) is 9.59 Å². The Hall–Kier alpha value is -2.12. The number of rotatable bonds is 3. The second kappa shape index (κ2) is 4.81. The van der Waals surface area contributed by atoms with Crippen molar-refractivity contribution in [2.24, 2.45) is 0 Å². The van der Waals surface area contributed by atoms with Crippen LogP contribution in [0.5, 0.6) is 0 Å². The van der Waals surface area contributed by atoms with Crippen LogP contribution in [0.2, 0.25) is 0 Å². The lowest BCUT2D eigenvalue weighted by atomic mass is 10.2. The lowest BCUT2D eigenvalue weighted by Gasteiger charge is -2.18. The highest BCUT2D eigenvalue weighted by Gasteiger charge is 2.17. The fourth-order valence-corrected chi connectivity index (χ4v) is 0.962. The molecule has 0 unspecified atom stereocenters. The molecule has 0 aliphatic carbocycles. The third-order valence-electron chi connectivity index (χ3n) is 1.45. The average molecular weight is 242 g/mol. The molecule has 1 amide bonds. The number of amides is 1. The standard InChI is InChI=1S/C9H14N4O4/c1-9(2,3)17-8(16)11-7-10-5-13(12-7)4-6(14)15/h5H,4H2,1-3H3,(H,14,15)(H,11,12,16). The summed E-state index contributed by atoms with van der Waals surface area (Å²) in [6.07, 6.45) is 0.520. The van der Waals surface area contributed by atoms with E-state index in [-0.39, 0.29) is 12.5 Å². The first-order chi connectivity index (χ1) is 7.76. The van der Waals surface area contributed by atoms with Crippen molar-refractivity contribution >= 4 is 18.0 Å². The summed E-state index contributed by atoms with van der Waals surface area (Å²) in [7, 11) is 0. The molecule has 0 aromatic carbocycles. The number of hydrogen-bond donors (Lipinski definition) is 2. The van der Waals surface area contributed by atoms with Gasteiger partial charge in [0.05, 0.1) is 0 Å². The number of anilines is 1. The molecular weight excluding hydrogens is 228 g/mol. The molecule has 0 saturated heterocycles. The van der Waals surface area contributed by atoms with Crippen LogP contribution in [0.4, 0.5) is 10.7 Å². The predicted octanol–water partition coefficient (Wildman–Crippen LogP) is 0.710. The number of nitrogens with one attached hydrogen (secondary N) is 1. The predicted molar refractivity (Wildman–Crippen MR) is 57.5 cm³/mol. The molecule has 2 N–H and O–H groups in total. The van der Waals surface area contributed by atoms with Crippen LogP contribution >= 0.6 is 0 Å². The van der Waals surface area contributed by atoms with Gasteiger partial charge in [-0.25, -0.2) is 14.5 Å². The summed E-state index contributed by atoms with van der Waals surface area (Å²) in [5, 5.41) is 14.5. The van der Waals surface area contributed by atoms with E-state index in [2.05, 4.69) is 15.4 Å². The van der Waals surface area contributed by atoms with Gasteiger partial charge in [0.1, 0.15) is 18.5 Å². The van der Waals surface area contributed by atoms with Crippen molar-refractivity contribution in [2.45, 2.75) is 32.9 Å². The van der Waals surface area contributed by atoms with Crippen LogP contribution in [0, 0.1) is 0 Å². The molecule has 8 heteroatoms. The molecular formula is C9H14N4O4. The lowest BCUT2D eigenvalue weighted by Crippen LogP contribution is -2.27. The number of carbonyl (C=O) groups is 2. The van der Waals surface area contributed by atoms with Crippen LogP contribution in [0.1, 0.15) is 20.8 Å². The fraction of sp³-hybridized carbons (Fsp3) is 0.556. The Balaban J connectivity index is 2.55. The van der Waals surface area contributed by atoms with Crippen LogP contribution in [-0.2, 0) is 16.1 Å². The monoisotopic (exact) mass is 242 g/mol. The van der Waals surface area contributed by atoms with Crippen molar-refractivity contribution in [3.8, 4) is 0 Å². The summed E-state index contributed by atoms with van der Waals surface area (Å²) < 4.78 is 6.07. The zero-order valence-corrected chi connectivity index (χ0v) is 9.80. The molecule has 1 aromatic rings. The van der Waals surface area contributed by atoms with E-state index in [1.165, 1.54) is 6.33 Å². The fourth-order valence-electron chi connectivity index (χ4n) is 0.962. The largest absolute Gasteiger partial charge is 0.480 e. The molecule has 1 rings (SSSR count). The van der Waals surface area contributed by atoms with Crippen molar-refractivity contribution in [1.29, 1.82) is 0 Å². The molecule has 94 valence electrons. The number of ether oxygens (including phenoxy) is 1. The van der Waals surface area contributed by atoms with E-state index in [0.29, 0.717) is 0 Å². The smallest absolute Gasteiger partial charge is 0.414 e. The summed E-state index contributed by atoms with van der Waals surface area (Å²) >= 11 is 0. The Morgan fingerprint density at radius 2 is 2.18 bits per heavy atom. The molecule has 1 heterocycles. The van der Waals surface area contributed by atoms with Gasteiger partial charge in [-0.1, -0.05) is 0 Å². The first kappa shape index (κ1) is 12.9. The minimum absolute atomic E-state index is 0.000463. The summed E-state index contributed by atoms with van der Waals surface area (Å²) in [5.41, 5.74) is -0.617. The van der Waals surface area contributed by atoms with Gasteiger partial charge in [-0.3, -0.25) is 10.1 Å². The number of carboxylic acids is 1. The quantitative estimate of drug-likeness (QED) is 0.808. The molecule has 0 saturated carbocycles. The van der Waals surface area contributed by atoms with Crippen LogP contribution in [-0.4, -0.2) is 37.5 Å². The Labute approximate surface area is 97.6 Å². The first-order valence-corrected chi connectivity index (χ1v) is 4.87. The first-order valence-electron chi connectivity index (χ1n) is 4.87. The van der Waals surface area contributed by atoms with Gasteiger partial charge < -0.3 is 9.84 Å². The molecule has 0 aliphatic rings. The normalized spacial score (nSPS) is 11.0. The van der Waals surface area contributed by atoms with Gasteiger partial charge in [-0.2, -0.15) is 0 Å². The van der Waals surface area contributed by atoms with Crippen LogP contribution < -0.4 is 5.32 Å². The van der Waals surface area contributed by atoms with Gasteiger partial charge in [-0.05, 0) is 20.8 Å². The average Bonchev–Trinajstić information content (AvgIpc) is 2.46. The molecule has 1 aromatic heterocycles. The summed E-state index contributed by atoms with van der Waals surface area (Å²) in [6.45, 7) is 4.86. The zero-order valence-electron chi connectivity index (χ0n) is 9.80. The molecule has 8 nitrogen and oxygen atoms in total. The number of carboxylic acid groups (broad SMARTS) is 1. The Morgan fingerprint density at radius 3 is 2.71 bits per heavy atom. The van der Waals surface area contributed by atoms with E-state index >= 15 is 0 Å². The molecule has 0 spiro atoms. The van der Waals surface area contributed by atoms with E-state index in [0.717, 1.165) is 4.68 Å². The van der Waals surface area contributed by atoms with Crippen LogP contribution in [0.15, 0.2) is 6.33 Å². The summed E-state index contributed by atoms with van der Waals surface area (Å²) in [4.78, 5) is 25.4. The van der Waals surface area contributed by atoms with Gasteiger partial charge in [0.15, 0.2) is 0 Å². The number of carbonyl (C=O) groups excluding carboxylic acids is 1. The molecule has 0 fully saturated rings. The minimum Gasteiger partial charge on any atom is -0.480 e. The third-order valence-corrected chi connectivity index (χ3v) is 1.45. The lowest BCUT2D eigenvalue weighted by molar-refractivity contribution is -0.137. The van der Waals surface area contributed by atoms with Gasteiger partial charge in [0, 0.05) is 0 Å². The van der Waals surface area contributed by atoms with Gasteiger partial charge in [0.25, 0.3) is 5.95 Å². The number of nitrogens with zero attached hydrogens (tertiary/aromatic N) is 3. The van der Waals surface area contributed by atoms with Crippen molar-refractivity contribution in [2.75, 3.05) is 5.32 Å². The number of aliphatic carboxylic acids is 1. The van der Waals surface area contributed by atoms with Crippen molar-refractivity contribution in [1.82, 2.24) is 14.8 Å². The van der Waals surface area contributed by atoms with Crippen LogP contribution in [0.25, 0.3) is 0 Å². The van der Waals surface area contributed by atoms with E-state index < -0.39 is 17.7 Å². The van der Waals surface area contributed by atoms with Gasteiger partial charge >= 0.3 is 12.1 Å². The Kier molecular flexibility index (Phi) is 3.66. The zero-order chi connectivity index (χ0) is 13.1. The highest BCUT2D eigenvalue weighted by molar-refractivity contribution is 5.82. The Bertz CT molecular complexity index is 421. The van der Waals surface area contributed by atoms with Crippen molar-refractivity contribution in [3.05, 3.63) is 6.33 Å². The highest BCUT2D eigenvalue weighted by atomic mass is 16.6.